The monoisotopic (exact) mass is 168 g/mol. The van der Waals surface area contributed by atoms with Gasteiger partial charge in [0.1, 0.15) is 11.4 Å². The molecule has 4 heteroatoms. The van der Waals surface area contributed by atoms with Crippen molar-refractivity contribution in [2.45, 2.75) is 18.9 Å². The van der Waals surface area contributed by atoms with Crippen molar-refractivity contribution < 1.29 is 9.13 Å². The summed E-state index contributed by atoms with van der Waals surface area (Å²) in [7, 11) is 0. The molecule has 0 unspecified atom stereocenters. The number of hydrogen-bond acceptors (Lipinski definition) is 3. The first-order valence-corrected chi connectivity index (χ1v) is 3.84. The first kappa shape index (κ1) is 7.34. The van der Waals surface area contributed by atoms with Gasteiger partial charge >= 0.3 is 0 Å². The van der Waals surface area contributed by atoms with Crippen LogP contribution in [0.4, 0.5) is 10.1 Å². The van der Waals surface area contributed by atoms with E-state index in [-0.39, 0.29) is 11.8 Å². The van der Waals surface area contributed by atoms with Crippen molar-refractivity contribution in [1.82, 2.24) is 4.98 Å². The Hall–Kier alpha value is -1.32. The summed E-state index contributed by atoms with van der Waals surface area (Å²) in [5.41, 5.74) is 5.40. The summed E-state index contributed by atoms with van der Waals surface area (Å²) < 4.78 is 18.1. The number of nitrogens with two attached hydrogens (primary N) is 1. The van der Waals surface area contributed by atoms with Gasteiger partial charge in [0.2, 0.25) is 5.95 Å². The lowest BCUT2D eigenvalue weighted by atomic mass is 10.4. The van der Waals surface area contributed by atoms with Crippen molar-refractivity contribution in [3.63, 3.8) is 0 Å². The van der Waals surface area contributed by atoms with Crippen molar-refractivity contribution in [2.24, 2.45) is 0 Å². The van der Waals surface area contributed by atoms with Gasteiger partial charge in [-0.3, -0.25) is 0 Å². The normalized spacial score (nSPS) is 16.1. The molecular weight excluding hydrogens is 159 g/mol. The van der Waals surface area contributed by atoms with Crippen molar-refractivity contribution in [2.75, 3.05) is 5.73 Å². The maximum Gasteiger partial charge on any atom is 0.239 e. The number of nitrogens with zero attached hydrogens (tertiary/aromatic N) is 1. The molecule has 2 N–H and O–H groups in total. The largest absolute Gasteiger partial charge is 0.488 e. The third-order valence-corrected chi connectivity index (χ3v) is 1.72. The molecule has 1 aliphatic rings. The number of hydrogen-bond donors (Lipinski definition) is 1. The molecule has 64 valence electrons. The van der Waals surface area contributed by atoms with Crippen LogP contribution in [0.2, 0.25) is 0 Å². The summed E-state index contributed by atoms with van der Waals surface area (Å²) >= 11 is 0. The Bertz CT molecular complexity index is 299. The van der Waals surface area contributed by atoms with Gasteiger partial charge < -0.3 is 10.5 Å². The standard InChI is InChI=1S/C8H9FN2O/c9-8-7(10)6(3-4-11-8)12-5-1-2-5/h3-5H,1-2,10H2. The van der Waals surface area contributed by atoms with Crippen molar-refractivity contribution in [1.29, 1.82) is 0 Å². The first-order valence-electron chi connectivity index (χ1n) is 3.84. The number of pyridine rings is 1. The van der Waals surface area contributed by atoms with Crippen molar-refractivity contribution in [3.8, 4) is 5.75 Å². The molecule has 1 saturated carbocycles. The Morgan fingerprint density at radius 3 is 3.00 bits per heavy atom. The van der Waals surface area contributed by atoms with Crippen LogP contribution in [-0.2, 0) is 0 Å². The number of nitrogen functional groups attached to an aromatic ring is 1. The minimum atomic E-state index is -0.659. The number of rotatable bonds is 2. The number of anilines is 1. The van der Waals surface area contributed by atoms with Crippen LogP contribution in [0.25, 0.3) is 0 Å². The van der Waals surface area contributed by atoms with E-state index in [9.17, 15) is 4.39 Å². The summed E-state index contributed by atoms with van der Waals surface area (Å²) in [5, 5.41) is 0. The van der Waals surface area contributed by atoms with Crippen LogP contribution in [0.5, 0.6) is 5.75 Å². The van der Waals surface area contributed by atoms with E-state index < -0.39 is 5.95 Å². The quantitative estimate of drug-likeness (QED) is 0.678. The molecule has 0 aliphatic heterocycles. The van der Waals surface area contributed by atoms with Crippen molar-refractivity contribution >= 4 is 5.69 Å². The second-order valence-electron chi connectivity index (χ2n) is 2.83. The number of ether oxygens (including phenoxy) is 1. The van der Waals surface area contributed by atoms with Gasteiger partial charge in [0, 0.05) is 12.3 Å². The Labute approximate surface area is 69.4 Å². The maximum atomic E-state index is 12.7. The fraction of sp³-hybridized carbons (Fsp3) is 0.375. The lowest BCUT2D eigenvalue weighted by molar-refractivity contribution is 0.303. The predicted molar refractivity (Wildman–Crippen MR) is 42.3 cm³/mol. The minimum absolute atomic E-state index is 0.00407. The molecule has 0 aromatic carbocycles. The molecular formula is C8H9FN2O. The zero-order valence-corrected chi connectivity index (χ0v) is 6.46. The van der Waals surface area contributed by atoms with Gasteiger partial charge in [-0.15, -0.1) is 0 Å². The van der Waals surface area contributed by atoms with Crippen molar-refractivity contribution in [3.05, 3.63) is 18.2 Å². The van der Waals surface area contributed by atoms with Crippen LogP contribution in [0.1, 0.15) is 12.8 Å². The topological polar surface area (TPSA) is 48.1 Å². The second-order valence-corrected chi connectivity index (χ2v) is 2.83. The molecule has 2 rings (SSSR count). The Balaban J connectivity index is 2.23. The molecule has 0 saturated heterocycles. The molecule has 0 amide bonds. The third-order valence-electron chi connectivity index (χ3n) is 1.72. The summed E-state index contributed by atoms with van der Waals surface area (Å²) in [4.78, 5) is 3.40. The molecule has 1 fully saturated rings. The third kappa shape index (κ3) is 1.32. The molecule has 1 aliphatic carbocycles. The van der Waals surface area contributed by atoms with Gasteiger partial charge in [-0.25, -0.2) is 4.98 Å². The molecule has 3 nitrogen and oxygen atoms in total. The molecule has 0 radical (unpaired) electrons. The van der Waals surface area contributed by atoms with E-state index in [4.69, 9.17) is 10.5 Å². The van der Waals surface area contributed by atoms with Crippen LogP contribution < -0.4 is 10.5 Å². The molecule has 1 aromatic heterocycles. The predicted octanol–water partition coefficient (Wildman–Crippen LogP) is 1.34. The molecule has 12 heavy (non-hydrogen) atoms. The van der Waals surface area contributed by atoms with Crippen LogP contribution >= 0.6 is 0 Å². The van der Waals surface area contributed by atoms with E-state index in [1.54, 1.807) is 6.07 Å². The molecule has 1 aromatic rings. The molecule has 0 atom stereocenters. The van der Waals surface area contributed by atoms with E-state index >= 15 is 0 Å². The SMILES string of the molecule is Nc1c(OC2CC2)ccnc1F. The van der Waals surface area contributed by atoms with Gasteiger partial charge in [0.05, 0.1) is 6.10 Å². The van der Waals surface area contributed by atoms with Crippen LogP contribution in [-0.4, -0.2) is 11.1 Å². The van der Waals surface area contributed by atoms with E-state index in [0.717, 1.165) is 12.8 Å². The number of aromatic nitrogens is 1. The average Bonchev–Trinajstić information content (AvgIpc) is 2.83. The fourth-order valence-corrected chi connectivity index (χ4v) is 0.900. The lowest BCUT2D eigenvalue weighted by Gasteiger charge is -2.06. The van der Waals surface area contributed by atoms with Gasteiger partial charge in [-0.05, 0) is 12.8 Å². The molecule has 0 spiro atoms. The maximum absolute atomic E-state index is 12.7. The highest BCUT2D eigenvalue weighted by Crippen LogP contribution is 2.30. The summed E-state index contributed by atoms with van der Waals surface area (Å²) in [5.74, 6) is -0.252. The Morgan fingerprint density at radius 1 is 1.58 bits per heavy atom. The van der Waals surface area contributed by atoms with Gasteiger partial charge in [-0.2, -0.15) is 4.39 Å². The zero-order chi connectivity index (χ0) is 8.55. The van der Waals surface area contributed by atoms with E-state index in [1.165, 1.54) is 6.20 Å². The van der Waals surface area contributed by atoms with Crippen LogP contribution in [0.15, 0.2) is 12.3 Å². The highest BCUT2D eigenvalue weighted by atomic mass is 19.1. The molecule has 1 heterocycles. The lowest BCUT2D eigenvalue weighted by Crippen LogP contribution is -2.02. The van der Waals surface area contributed by atoms with Crippen LogP contribution in [0.3, 0.4) is 0 Å². The van der Waals surface area contributed by atoms with Crippen LogP contribution in [0, 0.1) is 5.95 Å². The highest BCUT2D eigenvalue weighted by Gasteiger charge is 2.24. The smallest absolute Gasteiger partial charge is 0.239 e. The average molecular weight is 168 g/mol. The highest BCUT2D eigenvalue weighted by molar-refractivity contribution is 5.50. The molecule has 0 bridgehead atoms. The first-order chi connectivity index (χ1) is 5.77. The van der Waals surface area contributed by atoms with Gasteiger partial charge in [0.15, 0.2) is 0 Å². The van der Waals surface area contributed by atoms with E-state index in [1.807, 2.05) is 0 Å². The Kier molecular flexibility index (Phi) is 1.60. The van der Waals surface area contributed by atoms with Gasteiger partial charge in [-0.1, -0.05) is 0 Å². The second kappa shape index (κ2) is 2.62. The summed E-state index contributed by atoms with van der Waals surface area (Å²) in [6.45, 7) is 0. The minimum Gasteiger partial charge on any atom is -0.488 e. The zero-order valence-electron chi connectivity index (χ0n) is 6.46. The van der Waals surface area contributed by atoms with E-state index in [2.05, 4.69) is 4.98 Å². The van der Waals surface area contributed by atoms with Gasteiger partial charge in [0.25, 0.3) is 0 Å². The van der Waals surface area contributed by atoms with E-state index in [0.29, 0.717) is 5.75 Å². The summed E-state index contributed by atoms with van der Waals surface area (Å²) in [6.07, 6.45) is 3.64. The number of halogens is 1. The Morgan fingerprint density at radius 2 is 2.33 bits per heavy atom. The summed E-state index contributed by atoms with van der Waals surface area (Å²) in [6, 6.07) is 1.58. The fourth-order valence-electron chi connectivity index (χ4n) is 0.900.